The average molecular weight is 244 g/mol. The Kier molecular flexibility index (Phi) is 8.46. The van der Waals surface area contributed by atoms with Crippen LogP contribution < -0.4 is 0 Å². The molecule has 0 aliphatic heterocycles. The quantitative estimate of drug-likeness (QED) is 0.486. The fraction of sp³-hybridized carbons (Fsp3) is 0.846. The molecule has 0 radical (unpaired) electrons. The van der Waals surface area contributed by atoms with Gasteiger partial charge in [0.25, 0.3) is 0 Å². The summed E-state index contributed by atoms with van der Waals surface area (Å²) in [5.41, 5.74) is 0. The highest BCUT2D eigenvalue weighted by Crippen LogP contribution is 2.06. The van der Waals surface area contributed by atoms with Gasteiger partial charge in [-0.25, -0.2) is 0 Å². The fourth-order valence-electron chi connectivity index (χ4n) is 1.58. The maximum Gasteiger partial charge on any atom is 0.317 e. The van der Waals surface area contributed by atoms with Crippen LogP contribution in [0.5, 0.6) is 0 Å². The zero-order valence-corrected chi connectivity index (χ0v) is 11.3. The Balaban J connectivity index is 3.83. The van der Waals surface area contributed by atoms with Crippen molar-refractivity contribution in [3.8, 4) is 0 Å². The number of carbonyl (C=O) groups excluding carboxylic acids is 2. The monoisotopic (exact) mass is 244 g/mol. The maximum absolute atomic E-state index is 11.4. The first kappa shape index (κ1) is 15.9. The summed E-state index contributed by atoms with van der Waals surface area (Å²) >= 11 is 0. The van der Waals surface area contributed by atoms with Crippen LogP contribution >= 0.6 is 0 Å². The topological polar surface area (TPSA) is 52.6 Å². The summed E-state index contributed by atoms with van der Waals surface area (Å²) in [6, 6.07) is 0. The molecule has 0 N–H and O–H groups in total. The largest absolute Gasteiger partial charge is 0.462 e. The van der Waals surface area contributed by atoms with Crippen LogP contribution in [0.25, 0.3) is 0 Å². The number of hydrogen-bond acceptors (Lipinski definition) is 4. The molecule has 0 aliphatic rings. The third-order valence-corrected chi connectivity index (χ3v) is 2.34. The van der Waals surface area contributed by atoms with E-state index >= 15 is 0 Å². The highest BCUT2D eigenvalue weighted by Gasteiger charge is 2.16. The molecule has 0 spiro atoms. The number of hydrogen-bond donors (Lipinski definition) is 0. The molecular weight excluding hydrogens is 220 g/mol. The molecule has 0 amide bonds. The third kappa shape index (κ3) is 8.72. The van der Waals surface area contributed by atoms with Crippen molar-refractivity contribution in [1.82, 2.24) is 0 Å². The Morgan fingerprint density at radius 2 is 1.24 bits per heavy atom. The molecule has 2 atom stereocenters. The molecule has 0 aromatic rings. The molecular formula is C13H24O4. The van der Waals surface area contributed by atoms with Gasteiger partial charge in [0.15, 0.2) is 0 Å². The molecule has 4 nitrogen and oxygen atoms in total. The van der Waals surface area contributed by atoms with Crippen molar-refractivity contribution in [3.63, 3.8) is 0 Å². The number of ether oxygens (including phenoxy) is 2. The van der Waals surface area contributed by atoms with Crippen LogP contribution in [0.2, 0.25) is 0 Å². The van der Waals surface area contributed by atoms with Crippen molar-refractivity contribution in [2.45, 2.75) is 72.0 Å². The molecule has 17 heavy (non-hydrogen) atoms. The second kappa shape index (κ2) is 9.02. The summed E-state index contributed by atoms with van der Waals surface area (Å²) in [5, 5.41) is 0. The number of rotatable bonds is 8. The summed E-state index contributed by atoms with van der Waals surface area (Å²) in [6.45, 7) is 7.69. The summed E-state index contributed by atoms with van der Waals surface area (Å²) in [5.74, 6) is -1.00. The standard InChI is InChI=1S/C13H24O4/c1-5-7-10(3)16-12(14)9-13(15)17-11(4)8-6-2/h10-11H,5-9H2,1-4H3. The summed E-state index contributed by atoms with van der Waals surface area (Å²) in [6.07, 6.45) is 2.97. The van der Waals surface area contributed by atoms with Gasteiger partial charge in [-0.3, -0.25) is 9.59 Å². The van der Waals surface area contributed by atoms with E-state index in [1.165, 1.54) is 0 Å². The van der Waals surface area contributed by atoms with Crippen LogP contribution in [-0.4, -0.2) is 24.1 Å². The molecule has 0 rings (SSSR count). The maximum atomic E-state index is 11.4. The van der Waals surface area contributed by atoms with Crippen LogP contribution in [0, 0.1) is 0 Å². The van der Waals surface area contributed by atoms with Crippen LogP contribution in [0.3, 0.4) is 0 Å². The second-order valence-corrected chi connectivity index (χ2v) is 4.36. The zero-order chi connectivity index (χ0) is 13.3. The van der Waals surface area contributed by atoms with Crippen molar-refractivity contribution in [1.29, 1.82) is 0 Å². The van der Waals surface area contributed by atoms with Crippen molar-refractivity contribution in [2.75, 3.05) is 0 Å². The van der Waals surface area contributed by atoms with Crippen molar-refractivity contribution in [2.24, 2.45) is 0 Å². The Morgan fingerprint density at radius 1 is 0.882 bits per heavy atom. The zero-order valence-electron chi connectivity index (χ0n) is 11.3. The Bertz CT molecular complexity index is 214. The van der Waals surface area contributed by atoms with Gasteiger partial charge >= 0.3 is 11.9 Å². The van der Waals surface area contributed by atoms with Gasteiger partial charge in [-0.2, -0.15) is 0 Å². The predicted molar refractivity (Wildman–Crippen MR) is 65.5 cm³/mol. The van der Waals surface area contributed by atoms with Crippen LogP contribution in [0.4, 0.5) is 0 Å². The van der Waals surface area contributed by atoms with E-state index < -0.39 is 11.9 Å². The summed E-state index contributed by atoms with van der Waals surface area (Å²) < 4.78 is 10.1. The lowest BCUT2D eigenvalue weighted by molar-refractivity contribution is -0.159. The summed E-state index contributed by atoms with van der Waals surface area (Å²) in [7, 11) is 0. The third-order valence-electron chi connectivity index (χ3n) is 2.34. The molecule has 2 unspecified atom stereocenters. The molecule has 0 saturated carbocycles. The minimum atomic E-state index is -0.500. The van der Waals surface area contributed by atoms with E-state index in [0.717, 1.165) is 25.7 Å². The van der Waals surface area contributed by atoms with Crippen LogP contribution in [0.1, 0.15) is 59.8 Å². The molecule has 0 fully saturated rings. The van der Waals surface area contributed by atoms with Crippen molar-refractivity contribution < 1.29 is 19.1 Å². The molecule has 0 bridgehead atoms. The SMILES string of the molecule is CCCC(C)OC(=O)CC(=O)OC(C)CCC. The minimum absolute atomic E-state index is 0.131. The van der Waals surface area contributed by atoms with E-state index in [-0.39, 0.29) is 18.6 Å². The predicted octanol–water partition coefficient (Wildman–Crippen LogP) is 2.84. The van der Waals surface area contributed by atoms with Gasteiger partial charge in [0, 0.05) is 0 Å². The van der Waals surface area contributed by atoms with Crippen LogP contribution in [0.15, 0.2) is 0 Å². The van der Waals surface area contributed by atoms with Crippen LogP contribution in [-0.2, 0) is 19.1 Å². The number of carbonyl (C=O) groups is 2. The first-order valence-electron chi connectivity index (χ1n) is 6.38. The van der Waals surface area contributed by atoms with Gasteiger partial charge < -0.3 is 9.47 Å². The molecule has 0 aromatic heterocycles. The van der Waals surface area contributed by atoms with Crippen molar-refractivity contribution in [3.05, 3.63) is 0 Å². The van der Waals surface area contributed by atoms with E-state index in [1.807, 2.05) is 27.7 Å². The van der Waals surface area contributed by atoms with E-state index in [0.29, 0.717) is 0 Å². The normalized spacial score (nSPS) is 13.9. The first-order valence-corrected chi connectivity index (χ1v) is 6.38. The average Bonchev–Trinajstić information content (AvgIpc) is 2.16. The van der Waals surface area contributed by atoms with E-state index in [1.54, 1.807) is 0 Å². The smallest absolute Gasteiger partial charge is 0.317 e. The molecule has 4 heteroatoms. The Morgan fingerprint density at radius 3 is 1.53 bits per heavy atom. The van der Waals surface area contributed by atoms with E-state index in [9.17, 15) is 9.59 Å². The lowest BCUT2D eigenvalue weighted by Gasteiger charge is -2.14. The Hall–Kier alpha value is -1.06. The fourth-order valence-corrected chi connectivity index (χ4v) is 1.58. The van der Waals surface area contributed by atoms with Gasteiger partial charge in [0.05, 0.1) is 12.2 Å². The van der Waals surface area contributed by atoms with Gasteiger partial charge in [-0.1, -0.05) is 26.7 Å². The molecule has 0 aromatic carbocycles. The highest BCUT2D eigenvalue weighted by atomic mass is 16.6. The second-order valence-electron chi connectivity index (χ2n) is 4.36. The molecule has 0 aliphatic carbocycles. The van der Waals surface area contributed by atoms with E-state index in [2.05, 4.69) is 0 Å². The lowest BCUT2D eigenvalue weighted by Crippen LogP contribution is -2.21. The van der Waals surface area contributed by atoms with Gasteiger partial charge in [0.1, 0.15) is 6.42 Å². The lowest BCUT2D eigenvalue weighted by atomic mass is 10.2. The number of esters is 2. The van der Waals surface area contributed by atoms with Gasteiger partial charge in [-0.15, -0.1) is 0 Å². The molecule has 0 saturated heterocycles. The Labute approximate surface area is 104 Å². The van der Waals surface area contributed by atoms with Gasteiger partial charge in [-0.05, 0) is 26.7 Å². The first-order chi connectivity index (χ1) is 7.99. The van der Waals surface area contributed by atoms with Gasteiger partial charge in [0.2, 0.25) is 0 Å². The molecule has 100 valence electrons. The van der Waals surface area contributed by atoms with E-state index in [4.69, 9.17) is 9.47 Å². The van der Waals surface area contributed by atoms with Crippen molar-refractivity contribution >= 4 is 11.9 Å². The molecule has 0 heterocycles. The summed E-state index contributed by atoms with van der Waals surface area (Å²) in [4.78, 5) is 22.7. The minimum Gasteiger partial charge on any atom is -0.462 e. The highest BCUT2D eigenvalue weighted by molar-refractivity contribution is 5.91.